The smallest absolute Gasteiger partial charge is 0.406 e. The van der Waals surface area contributed by atoms with Crippen LogP contribution in [0.1, 0.15) is 25.0 Å². The van der Waals surface area contributed by atoms with Gasteiger partial charge in [-0.3, -0.25) is 4.99 Å². The molecule has 0 aliphatic carbocycles. The molecule has 9 nitrogen and oxygen atoms in total. The van der Waals surface area contributed by atoms with Crippen molar-refractivity contribution >= 4 is 28.5 Å². The summed E-state index contributed by atoms with van der Waals surface area (Å²) in [5.41, 5.74) is 4.20. The molecule has 0 aliphatic rings. The van der Waals surface area contributed by atoms with Crippen molar-refractivity contribution in [1.29, 1.82) is 0 Å². The summed E-state index contributed by atoms with van der Waals surface area (Å²) in [7, 11) is 0. The first-order valence-corrected chi connectivity index (χ1v) is 16.1. The number of thioether (sulfide) groups is 1. The summed E-state index contributed by atoms with van der Waals surface area (Å²) in [5.74, 6) is 0.175. The average Bonchev–Trinajstić information content (AvgIpc) is 3.65. The minimum atomic E-state index is -4.75. The Bertz CT molecular complexity index is 1910. The summed E-state index contributed by atoms with van der Waals surface area (Å²) >= 11 is 2.75. The Morgan fingerprint density at radius 2 is 1.76 bits per heavy atom. The van der Waals surface area contributed by atoms with Crippen LogP contribution in [0.25, 0.3) is 22.8 Å². The van der Waals surface area contributed by atoms with Crippen LogP contribution < -0.4 is 15.2 Å². The summed E-state index contributed by atoms with van der Waals surface area (Å²) in [6.07, 6.45) is 0.142. The molecule has 45 heavy (non-hydrogen) atoms. The van der Waals surface area contributed by atoms with E-state index in [1.54, 1.807) is 8.52 Å². The van der Waals surface area contributed by atoms with Gasteiger partial charge in [-0.05, 0) is 79.0 Å². The van der Waals surface area contributed by atoms with E-state index >= 15 is 0 Å². The molecule has 14 heteroatoms. The Morgan fingerprint density at radius 1 is 1.02 bits per heavy atom. The molecule has 0 atom stereocenters. The van der Waals surface area contributed by atoms with Crippen LogP contribution in [-0.2, 0) is 19.4 Å². The fourth-order valence-corrected chi connectivity index (χ4v) is 5.85. The number of aliphatic imine (C=N–C) groups is 1. The number of benzene rings is 3. The van der Waals surface area contributed by atoms with E-state index in [0.717, 1.165) is 28.8 Å². The molecule has 2 heterocycles. The van der Waals surface area contributed by atoms with Gasteiger partial charge in [-0.25, -0.2) is 23.0 Å². The van der Waals surface area contributed by atoms with Crippen LogP contribution in [0, 0.1) is 0 Å². The van der Waals surface area contributed by atoms with Gasteiger partial charge in [0.15, 0.2) is 11.0 Å². The van der Waals surface area contributed by atoms with Crippen molar-refractivity contribution < 1.29 is 17.9 Å². The lowest BCUT2D eigenvalue weighted by molar-refractivity contribution is -0.274. The predicted molar refractivity (Wildman–Crippen MR) is 172 cm³/mol. The number of ether oxygens (including phenoxy) is 1. The molecule has 0 saturated carbocycles. The highest BCUT2D eigenvalue weighted by Crippen LogP contribution is 2.24. The first-order valence-electron chi connectivity index (χ1n) is 14.1. The van der Waals surface area contributed by atoms with Crippen molar-refractivity contribution in [3.05, 3.63) is 106 Å². The van der Waals surface area contributed by atoms with Gasteiger partial charge in [-0.2, -0.15) is 4.99 Å². The Hall–Kier alpha value is -4.43. The first kappa shape index (κ1) is 32.0. The third-order valence-electron chi connectivity index (χ3n) is 6.75. The number of para-hydroxylation sites is 1. The molecule has 0 amide bonds. The molecule has 0 fully saturated rings. The van der Waals surface area contributed by atoms with Crippen LogP contribution in [0.2, 0.25) is 0 Å². The second kappa shape index (κ2) is 14.1. The molecule has 234 valence electrons. The number of hydrogen-bond donors (Lipinski definition) is 0. The van der Waals surface area contributed by atoms with Gasteiger partial charge in [-0.15, -0.1) is 18.3 Å². The average molecular weight is 654 g/mol. The molecule has 0 spiro atoms. The Morgan fingerprint density at radius 3 is 2.42 bits per heavy atom. The standard InChI is InChI=1S/C31H30F3N7O2S2/c1-4-22-8-6-7-9-26(22)41-29(45-40(5-2)30(41)42)37-28(44-3)35-19-18-21-10-12-23(13-11-21)27-36-20-39(38-27)24-14-16-25(17-15-24)43-31(32,33)34/h6-17,20H,4-5,18-19H2,1-3H3. The second-order valence-electron chi connectivity index (χ2n) is 9.65. The van der Waals surface area contributed by atoms with E-state index in [4.69, 9.17) is 9.98 Å². The lowest BCUT2D eigenvalue weighted by Gasteiger charge is -2.09. The zero-order chi connectivity index (χ0) is 32.0. The van der Waals surface area contributed by atoms with E-state index in [0.29, 0.717) is 41.0 Å². The molecule has 0 saturated heterocycles. The zero-order valence-electron chi connectivity index (χ0n) is 24.7. The van der Waals surface area contributed by atoms with Crippen LogP contribution >= 0.6 is 23.3 Å². The van der Waals surface area contributed by atoms with Gasteiger partial charge in [-0.1, -0.05) is 61.2 Å². The SMILES string of the molecule is CCc1ccccc1-n1c(=NC(=NCCc2ccc(-c3ncn(-c4ccc(OC(F)(F)F)cc4)n3)cc2)SC)sn(CC)c1=O. The number of halogens is 3. The normalized spacial score (nSPS) is 12.6. The van der Waals surface area contributed by atoms with Gasteiger partial charge in [0.25, 0.3) is 0 Å². The van der Waals surface area contributed by atoms with Crippen LogP contribution in [0.15, 0.2) is 93.9 Å². The minimum absolute atomic E-state index is 0.115. The summed E-state index contributed by atoms with van der Waals surface area (Å²) < 4.78 is 46.0. The fourth-order valence-electron chi connectivity index (χ4n) is 4.52. The molecular weight excluding hydrogens is 624 g/mol. The van der Waals surface area contributed by atoms with Crippen LogP contribution in [0.5, 0.6) is 5.75 Å². The third-order valence-corrected chi connectivity index (χ3v) is 8.41. The molecule has 0 aliphatic heterocycles. The summed E-state index contributed by atoms with van der Waals surface area (Å²) in [4.78, 5) is 27.6. The summed E-state index contributed by atoms with van der Waals surface area (Å²) in [5, 5.41) is 5.04. The Balaban J connectivity index is 1.28. The Kier molecular flexibility index (Phi) is 10.0. The molecule has 3 aromatic carbocycles. The minimum Gasteiger partial charge on any atom is -0.406 e. The van der Waals surface area contributed by atoms with Crippen molar-refractivity contribution in [2.45, 2.75) is 39.6 Å². The first-order chi connectivity index (χ1) is 21.7. The van der Waals surface area contributed by atoms with Crippen molar-refractivity contribution in [2.24, 2.45) is 9.98 Å². The van der Waals surface area contributed by atoms with Gasteiger partial charge >= 0.3 is 12.1 Å². The van der Waals surface area contributed by atoms with E-state index in [-0.39, 0.29) is 11.4 Å². The van der Waals surface area contributed by atoms with Gasteiger partial charge < -0.3 is 4.74 Å². The molecule has 0 bridgehead atoms. The van der Waals surface area contributed by atoms with Crippen molar-refractivity contribution in [3.63, 3.8) is 0 Å². The lowest BCUT2D eigenvalue weighted by Crippen LogP contribution is -2.29. The lowest BCUT2D eigenvalue weighted by atomic mass is 10.1. The second-order valence-corrected chi connectivity index (χ2v) is 11.4. The van der Waals surface area contributed by atoms with Gasteiger partial charge in [0.2, 0.25) is 4.80 Å². The highest BCUT2D eigenvalue weighted by atomic mass is 32.2. The Labute approximate surface area is 265 Å². The predicted octanol–water partition coefficient (Wildman–Crippen LogP) is 6.29. The topological polar surface area (TPSA) is 91.6 Å². The van der Waals surface area contributed by atoms with E-state index in [9.17, 15) is 18.0 Å². The molecule has 0 unspecified atom stereocenters. The highest BCUT2D eigenvalue weighted by molar-refractivity contribution is 8.13. The fraction of sp³-hybridized carbons (Fsp3) is 0.258. The molecule has 5 aromatic rings. The van der Waals surface area contributed by atoms with Crippen molar-refractivity contribution in [3.8, 4) is 28.5 Å². The van der Waals surface area contributed by atoms with E-state index < -0.39 is 6.36 Å². The summed E-state index contributed by atoms with van der Waals surface area (Å²) in [6.45, 7) is 5.06. The number of rotatable bonds is 9. The molecule has 0 radical (unpaired) electrons. The maximum absolute atomic E-state index is 13.2. The molecule has 2 aromatic heterocycles. The number of nitrogens with zero attached hydrogens (tertiary/aromatic N) is 7. The van der Waals surface area contributed by atoms with Crippen LogP contribution in [0.4, 0.5) is 13.2 Å². The van der Waals surface area contributed by atoms with E-state index in [2.05, 4.69) is 21.7 Å². The molecule has 0 N–H and O–H groups in total. The van der Waals surface area contributed by atoms with Gasteiger partial charge in [0.05, 0.1) is 11.4 Å². The van der Waals surface area contributed by atoms with Gasteiger partial charge in [0.1, 0.15) is 12.1 Å². The monoisotopic (exact) mass is 653 g/mol. The number of hydrogen-bond acceptors (Lipinski definition) is 7. The zero-order valence-corrected chi connectivity index (χ0v) is 26.4. The van der Waals surface area contributed by atoms with Crippen LogP contribution in [-0.4, -0.2) is 47.6 Å². The quantitative estimate of drug-likeness (QED) is 0.138. The maximum Gasteiger partial charge on any atom is 0.573 e. The number of amidine groups is 1. The molecule has 5 rings (SSSR count). The van der Waals surface area contributed by atoms with Crippen molar-refractivity contribution in [1.82, 2.24) is 23.3 Å². The third kappa shape index (κ3) is 7.81. The highest BCUT2D eigenvalue weighted by Gasteiger charge is 2.31. The van der Waals surface area contributed by atoms with Crippen LogP contribution in [0.3, 0.4) is 0 Å². The molecular formula is C31H30F3N7O2S2. The summed E-state index contributed by atoms with van der Waals surface area (Å²) in [6, 6.07) is 21.0. The van der Waals surface area contributed by atoms with Crippen molar-refractivity contribution in [2.75, 3.05) is 12.8 Å². The maximum atomic E-state index is 13.2. The number of aryl methyl sites for hydroxylation is 2. The largest absolute Gasteiger partial charge is 0.573 e. The van der Waals surface area contributed by atoms with E-state index in [1.165, 1.54) is 58.6 Å². The number of alkyl halides is 3. The number of aromatic nitrogens is 5. The van der Waals surface area contributed by atoms with Gasteiger partial charge in [0, 0.05) is 18.7 Å². The van der Waals surface area contributed by atoms with E-state index in [1.807, 2.05) is 61.7 Å².